The molecule has 3 rings (SSSR count). The molecule has 0 spiro atoms. The third-order valence-corrected chi connectivity index (χ3v) is 5.81. The van der Waals surface area contributed by atoms with Gasteiger partial charge >= 0.3 is 6.18 Å². The lowest BCUT2D eigenvalue weighted by atomic mass is 9.99. The minimum absolute atomic E-state index is 0.554. The first-order valence-electron chi connectivity index (χ1n) is 8.63. The Hall–Kier alpha value is -2.18. The number of hydrogen-bond donors (Lipinski definition) is 1. The summed E-state index contributed by atoms with van der Waals surface area (Å²) in [6.45, 7) is 3.86. The fourth-order valence-corrected chi connectivity index (χ4v) is 4.05. The first-order valence-corrected chi connectivity index (χ1v) is 9.45. The first kappa shape index (κ1) is 19.6. The quantitative estimate of drug-likeness (QED) is 0.569. The molecule has 0 fully saturated rings. The van der Waals surface area contributed by atoms with Crippen molar-refractivity contribution in [1.82, 2.24) is 4.98 Å². The molecule has 0 aliphatic carbocycles. The molecule has 1 aromatic heterocycles. The maximum Gasteiger partial charge on any atom is 0.416 e. The highest BCUT2D eigenvalue weighted by Gasteiger charge is 2.30. The molecule has 1 N–H and O–H groups in total. The number of aryl methyl sites for hydroxylation is 3. The van der Waals surface area contributed by atoms with Crippen LogP contribution in [0.5, 0.6) is 0 Å². The molecule has 3 aromatic rings. The van der Waals surface area contributed by atoms with Crippen molar-refractivity contribution in [2.24, 2.45) is 0 Å². The number of thiazole rings is 1. The van der Waals surface area contributed by atoms with E-state index in [-0.39, 0.29) is 0 Å². The van der Waals surface area contributed by atoms with Crippen LogP contribution in [0.2, 0.25) is 0 Å². The largest absolute Gasteiger partial charge is 0.416 e. The average molecular weight is 391 g/mol. The van der Waals surface area contributed by atoms with Crippen molar-refractivity contribution in [3.05, 3.63) is 75.8 Å². The number of benzene rings is 2. The van der Waals surface area contributed by atoms with Crippen molar-refractivity contribution in [1.29, 1.82) is 0 Å². The molecular formula is C21H20F3NOS. The van der Waals surface area contributed by atoms with Gasteiger partial charge in [-0.25, -0.2) is 4.98 Å². The van der Waals surface area contributed by atoms with E-state index in [1.54, 1.807) is 0 Å². The summed E-state index contributed by atoms with van der Waals surface area (Å²) in [5.74, 6) is 0. The van der Waals surface area contributed by atoms with Gasteiger partial charge < -0.3 is 5.11 Å². The lowest BCUT2D eigenvalue weighted by molar-refractivity contribution is -0.137. The van der Waals surface area contributed by atoms with E-state index in [2.05, 4.69) is 4.98 Å². The third-order valence-electron chi connectivity index (χ3n) is 4.54. The van der Waals surface area contributed by atoms with E-state index in [1.165, 1.54) is 23.5 Å². The SMILES string of the molecule is Cc1ccccc1C(O)CCc1sc(-c2ccc(C(F)(F)F)cc2)nc1C. The van der Waals surface area contributed by atoms with E-state index in [0.717, 1.165) is 33.8 Å². The monoisotopic (exact) mass is 391 g/mol. The van der Waals surface area contributed by atoms with Crippen LogP contribution in [0.4, 0.5) is 13.2 Å². The lowest BCUT2D eigenvalue weighted by Crippen LogP contribution is -2.03. The number of hydrogen-bond acceptors (Lipinski definition) is 3. The van der Waals surface area contributed by atoms with Crippen LogP contribution in [0.15, 0.2) is 48.5 Å². The van der Waals surface area contributed by atoms with Gasteiger partial charge in [-0.2, -0.15) is 13.2 Å². The van der Waals surface area contributed by atoms with Gasteiger partial charge in [-0.15, -0.1) is 11.3 Å². The van der Waals surface area contributed by atoms with Gasteiger partial charge in [0.15, 0.2) is 0 Å². The van der Waals surface area contributed by atoms with Gasteiger partial charge in [0.2, 0.25) is 0 Å². The Kier molecular flexibility index (Phi) is 5.67. The summed E-state index contributed by atoms with van der Waals surface area (Å²) in [4.78, 5) is 5.54. The molecule has 6 heteroatoms. The van der Waals surface area contributed by atoms with E-state index in [1.807, 2.05) is 38.1 Å². The summed E-state index contributed by atoms with van der Waals surface area (Å²) in [5.41, 5.74) is 2.83. The normalized spacial score (nSPS) is 13.0. The maximum absolute atomic E-state index is 12.7. The van der Waals surface area contributed by atoms with Gasteiger partial charge in [0.1, 0.15) is 5.01 Å². The van der Waals surface area contributed by atoms with Crippen molar-refractivity contribution < 1.29 is 18.3 Å². The minimum Gasteiger partial charge on any atom is -0.388 e. The predicted molar refractivity (Wildman–Crippen MR) is 102 cm³/mol. The second-order valence-electron chi connectivity index (χ2n) is 6.51. The van der Waals surface area contributed by atoms with Crippen LogP contribution < -0.4 is 0 Å². The topological polar surface area (TPSA) is 33.1 Å². The Labute approximate surface area is 160 Å². The summed E-state index contributed by atoms with van der Waals surface area (Å²) in [6.07, 6.45) is -3.66. The highest BCUT2D eigenvalue weighted by atomic mass is 32.1. The van der Waals surface area contributed by atoms with Crippen LogP contribution in [-0.2, 0) is 12.6 Å². The summed E-state index contributed by atoms with van der Waals surface area (Å²) in [7, 11) is 0. The number of halogens is 3. The number of alkyl halides is 3. The molecule has 0 radical (unpaired) electrons. The second kappa shape index (κ2) is 7.82. The Morgan fingerprint density at radius 3 is 2.33 bits per heavy atom. The molecule has 0 bridgehead atoms. The molecule has 0 aliphatic heterocycles. The molecule has 142 valence electrons. The van der Waals surface area contributed by atoms with E-state index in [0.29, 0.717) is 23.4 Å². The number of aliphatic hydroxyl groups excluding tert-OH is 1. The van der Waals surface area contributed by atoms with Crippen LogP contribution in [0.3, 0.4) is 0 Å². The highest BCUT2D eigenvalue weighted by molar-refractivity contribution is 7.15. The van der Waals surface area contributed by atoms with Gasteiger partial charge in [-0.3, -0.25) is 0 Å². The minimum atomic E-state index is -4.34. The maximum atomic E-state index is 12.7. The van der Waals surface area contributed by atoms with Crippen LogP contribution >= 0.6 is 11.3 Å². The fourth-order valence-electron chi connectivity index (χ4n) is 2.97. The molecule has 0 saturated carbocycles. The van der Waals surface area contributed by atoms with Crippen molar-refractivity contribution in [3.8, 4) is 10.6 Å². The zero-order valence-corrected chi connectivity index (χ0v) is 15.9. The lowest BCUT2D eigenvalue weighted by Gasteiger charge is -2.13. The van der Waals surface area contributed by atoms with Crippen LogP contribution in [-0.4, -0.2) is 10.1 Å². The van der Waals surface area contributed by atoms with E-state index in [9.17, 15) is 18.3 Å². The number of rotatable bonds is 5. The molecule has 27 heavy (non-hydrogen) atoms. The number of nitrogens with zero attached hydrogens (tertiary/aromatic N) is 1. The molecule has 1 atom stereocenters. The number of aromatic nitrogens is 1. The van der Waals surface area contributed by atoms with Gasteiger partial charge in [-0.1, -0.05) is 36.4 Å². The van der Waals surface area contributed by atoms with Crippen LogP contribution in [0, 0.1) is 13.8 Å². The van der Waals surface area contributed by atoms with Crippen LogP contribution in [0.1, 0.15) is 39.8 Å². The molecular weight excluding hydrogens is 371 g/mol. The fraction of sp³-hybridized carbons (Fsp3) is 0.286. The highest BCUT2D eigenvalue weighted by Crippen LogP contribution is 2.34. The summed E-state index contributed by atoms with van der Waals surface area (Å²) >= 11 is 1.46. The number of aliphatic hydroxyl groups is 1. The Morgan fingerprint density at radius 1 is 1.04 bits per heavy atom. The Balaban J connectivity index is 1.72. The molecule has 1 heterocycles. The molecule has 2 nitrogen and oxygen atoms in total. The van der Waals surface area contributed by atoms with E-state index in [4.69, 9.17) is 0 Å². The second-order valence-corrected chi connectivity index (χ2v) is 7.60. The Bertz CT molecular complexity index is 916. The van der Waals surface area contributed by atoms with Gasteiger partial charge in [-0.05, 0) is 49.9 Å². The van der Waals surface area contributed by atoms with Crippen molar-refractivity contribution in [3.63, 3.8) is 0 Å². The molecule has 0 aliphatic rings. The molecule has 2 aromatic carbocycles. The zero-order chi connectivity index (χ0) is 19.6. The summed E-state index contributed by atoms with van der Waals surface area (Å²) < 4.78 is 38.1. The predicted octanol–water partition coefficient (Wildman–Crippen LogP) is 6.11. The zero-order valence-electron chi connectivity index (χ0n) is 15.0. The first-order chi connectivity index (χ1) is 12.8. The van der Waals surface area contributed by atoms with E-state index < -0.39 is 17.8 Å². The smallest absolute Gasteiger partial charge is 0.388 e. The summed E-state index contributed by atoms with van der Waals surface area (Å²) in [6, 6.07) is 12.8. The van der Waals surface area contributed by atoms with Gasteiger partial charge in [0.25, 0.3) is 0 Å². The van der Waals surface area contributed by atoms with Gasteiger partial charge in [0.05, 0.1) is 17.4 Å². The summed E-state index contributed by atoms with van der Waals surface area (Å²) in [5, 5.41) is 11.2. The molecule has 1 unspecified atom stereocenters. The van der Waals surface area contributed by atoms with Crippen LogP contribution in [0.25, 0.3) is 10.6 Å². The molecule has 0 amide bonds. The standard InChI is InChI=1S/C21H20F3NOS/c1-13-5-3-4-6-17(13)18(26)11-12-19-14(2)25-20(27-19)15-7-9-16(10-8-15)21(22,23)24/h3-10,18,26H,11-12H2,1-2H3. The van der Waals surface area contributed by atoms with Crippen molar-refractivity contribution in [2.75, 3.05) is 0 Å². The van der Waals surface area contributed by atoms with Crippen molar-refractivity contribution >= 4 is 11.3 Å². The van der Waals surface area contributed by atoms with E-state index >= 15 is 0 Å². The van der Waals surface area contributed by atoms with Gasteiger partial charge in [0, 0.05) is 10.4 Å². The average Bonchev–Trinajstić information content (AvgIpc) is 3.00. The third kappa shape index (κ3) is 4.57. The Morgan fingerprint density at radius 2 is 1.70 bits per heavy atom. The molecule has 0 saturated heterocycles. The van der Waals surface area contributed by atoms with Crippen molar-refractivity contribution in [2.45, 2.75) is 39.0 Å².